The van der Waals surface area contributed by atoms with Crippen molar-refractivity contribution in [1.82, 2.24) is 4.98 Å². The van der Waals surface area contributed by atoms with Crippen LogP contribution in [-0.2, 0) is 0 Å². The number of hydrogen-bond acceptors (Lipinski definition) is 6. The van der Waals surface area contributed by atoms with Gasteiger partial charge in [-0.15, -0.1) is 0 Å². The topological polar surface area (TPSA) is 97.4 Å². The lowest BCUT2D eigenvalue weighted by molar-refractivity contribution is 0.0988. The number of aromatic nitrogens is 1. The van der Waals surface area contributed by atoms with Gasteiger partial charge in [0.05, 0.1) is 16.5 Å². The highest BCUT2D eigenvalue weighted by Gasteiger charge is 2.14. The number of nitrogens with one attached hydrogen (secondary N) is 2. The molecule has 9 heteroatoms. The number of nitrogens with zero attached hydrogens (tertiary/aromatic N) is 1. The van der Waals surface area contributed by atoms with E-state index in [1.165, 1.54) is 17.6 Å². The molecule has 3 aromatic heterocycles. The van der Waals surface area contributed by atoms with Crippen molar-refractivity contribution in [2.45, 2.75) is 0 Å². The maximum absolute atomic E-state index is 12.1. The van der Waals surface area contributed by atoms with Crippen molar-refractivity contribution < 1.29 is 18.4 Å². The maximum atomic E-state index is 12.1. The smallest absolute Gasteiger partial charge is 0.293 e. The van der Waals surface area contributed by atoms with Crippen LogP contribution in [0.2, 0.25) is 0 Å². The highest BCUT2D eigenvalue weighted by atomic mass is 79.9. The van der Waals surface area contributed by atoms with Crippen LogP contribution in [0.5, 0.6) is 0 Å². The van der Waals surface area contributed by atoms with Gasteiger partial charge in [0.1, 0.15) is 0 Å². The molecule has 0 fully saturated rings. The van der Waals surface area contributed by atoms with E-state index in [9.17, 15) is 9.59 Å². The molecule has 4 rings (SSSR count). The second kappa shape index (κ2) is 6.77. The summed E-state index contributed by atoms with van der Waals surface area (Å²) in [5.74, 6) is -0.314. The lowest BCUT2D eigenvalue weighted by atomic mass is 10.3. The number of benzene rings is 1. The fourth-order valence-electron chi connectivity index (χ4n) is 2.25. The van der Waals surface area contributed by atoms with E-state index in [1.807, 2.05) is 0 Å². The van der Waals surface area contributed by atoms with Crippen molar-refractivity contribution in [3.63, 3.8) is 0 Å². The number of carbonyl (C=O) groups is 2. The Hall–Kier alpha value is -2.91. The van der Waals surface area contributed by atoms with Gasteiger partial charge >= 0.3 is 0 Å². The first-order chi connectivity index (χ1) is 12.6. The van der Waals surface area contributed by atoms with Gasteiger partial charge in [-0.3, -0.25) is 14.9 Å². The van der Waals surface area contributed by atoms with Gasteiger partial charge in [-0.2, -0.15) is 0 Å². The minimum atomic E-state index is -0.369. The Morgan fingerprint density at radius 2 is 1.88 bits per heavy atom. The second-order valence-electron chi connectivity index (χ2n) is 5.19. The largest absolute Gasteiger partial charge is 0.459 e. The molecule has 26 heavy (non-hydrogen) atoms. The summed E-state index contributed by atoms with van der Waals surface area (Å²) < 4.78 is 11.6. The van der Waals surface area contributed by atoms with Gasteiger partial charge in [0, 0.05) is 5.69 Å². The van der Waals surface area contributed by atoms with Gasteiger partial charge in [-0.05, 0) is 58.4 Å². The van der Waals surface area contributed by atoms with Crippen molar-refractivity contribution in [2.75, 3.05) is 10.6 Å². The molecule has 0 aliphatic carbocycles. The molecule has 0 bridgehead atoms. The zero-order valence-corrected chi connectivity index (χ0v) is 15.4. The zero-order chi connectivity index (χ0) is 18.1. The van der Waals surface area contributed by atoms with Gasteiger partial charge in [0.25, 0.3) is 11.8 Å². The van der Waals surface area contributed by atoms with Crippen LogP contribution in [0.3, 0.4) is 0 Å². The van der Waals surface area contributed by atoms with Crippen molar-refractivity contribution in [3.8, 4) is 0 Å². The van der Waals surface area contributed by atoms with Crippen molar-refractivity contribution in [2.24, 2.45) is 0 Å². The molecule has 0 spiro atoms. The Balaban J connectivity index is 1.52. The average molecular weight is 432 g/mol. The molecule has 0 unspecified atom stereocenters. The summed E-state index contributed by atoms with van der Waals surface area (Å²) in [6, 6.07) is 11.7. The van der Waals surface area contributed by atoms with Crippen LogP contribution in [0.25, 0.3) is 10.2 Å². The quantitative estimate of drug-likeness (QED) is 0.485. The standard InChI is InChI=1S/C17H10BrN3O4S/c18-14-6-5-12(25-14)16(23)19-9-3-4-10-13(8-9)26-17(20-10)21-15(22)11-2-1-7-24-11/h1-8H,(H,19,23)(H,20,21,22). The summed E-state index contributed by atoms with van der Waals surface area (Å²) in [4.78, 5) is 28.5. The highest BCUT2D eigenvalue weighted by molar-refractivity contribution is 9.10. The number of fused-ring (bicyclic) bond motifs is 1. The SMILES string of the molecule is O=C(Nc1nc2ccc(NC(=O)c3ccc(Br)o3)cc2s1)c1ccco1. The average Bonchev–Trinajstić information content (AvgIpc) is 3.34. The number of furan rings is 2. The summed E-state index contributed by atoms with van der Waals surface area (Å²) in [6.45, 7) is 0. The predicted molar refractivity (Wildman–Crippen MR) is 101 cm³/mol. The van der Waals surface area contributed by atoms with Crippen molar-refractivity contribution in [3.05, 3.63) is 64.9 Å². The lowest BCUT2D eigenvalue weighted by Crippen LogP contribution is -2.10. The number of rotatable bonds is 4. The van der Waals surface area contributed by atoms with Gasteiger partial charge in [-0.25, -0.2) is 4.98 Å². The number of thiazole rings is 1. The summed E-state index contributed by atoms with van der Waals surface area (Å²) in [5, 5.41) is 5.89. The fourth-order valence-corrected chi connectivity index (χ4v) is 3.46. The molecule has 0 aliphatic rings. The molecule has 0 saturated heterocycles. The van der Waals surface area contributed by atoms with Crippen LogP contribution in [0.4, 0.5) is 10.8 Å². The molecule has 0 aliphatic heterocycles. The minimum absolute atomic E-state index is 0.202. The van der Waals surface area contributed by atoms with Crippen LogP contribution in [0.15, 0.2) is 62.2 Å². The molecule has 2 N–H and O–H groups in total. The van der Waals surface area contributed by atoms with E-state index in [4.69, 9.17) is 8.83 Å². The number of carbonyl (C=O) groups excluding carboxylic acids is 2. The molecule has 0 radical (unpaired) electrons. The summed E-state index contributed by atoms with van der Waals surface area (Å²) in [6.07, 6.45) is 1.43. The molecule has 0 atom stereocenters. The third-order valence-corrected chi connectivity index (χ3v) is 4.77. The Bertz CT molecular complexity index is 1100. The number of anilines is 2. The van der Waals surface area contributed by atoms with E-state index in [0.717, 1.165) is 4.70 Å². The highest BCUT2D eigenvalue weighted by Crippen LogP contribution is 2.29. The van der Waals surface area contributed by atoms with E-state index < -0.39 is 0 Å². The summed E-state index contributed by atoms with van der Waals surface area (Å²) in [7, 11) is 0. The molecule has 4 aromatic rings. The van der Waals surface area contributed by atoms with Gasteiger partial charge < -0.3 is 14.2 Å². The molecule has 3 heterocycles. The van der Waals surface area contributed by atoms with E-state index in [0.29, 0.717) is 21.0 Å². The van der Waals surface area contributed by atoms with E-state index in [2.05, 4.69) is 31.5 Å². The van der Waals surface area contributed by atoms with E-state index >= 15 is 0 Å². The first-order valence-electron chi connectivity index (χ1n) is 7.40. The van der Waals surface area contributed by atoms with Crippen LogP contribution >= 0.6 is 27.3 Å². The Morgan fingerprint density at radius 1 is 1.04 bits per heavy atom. The minimum Gasteiger partial charge on any atom is -0.459 e. The van der Waals surface area contributed by atoms with Gasteiger partial charge in [0.2, 0.25) is 0 Å². The molecular weight excluding hydrogens is 422 g/mol. The van der Waals surface area contributed by atoms with Crippen molar-refractivity contribution >= 4 is 60.1 Å². The number of hydrogen-bond donors (Lipinski definition) is 2. The van der Waals surface area contributed by atoms with Crippen LogP contribution in [-0.4, -0.2) is 16.8 Å². The van der Waals surface area contributed by atoms with Gasteiger partial charge in [-0.1, -0.05) is 11.3 Å². The van der Waals surface area contributed by atoms with E-state index in [1.54, 1.807) is 42.5 Å². The fraction of sp³-hybridized carbons (Fsp3) is 0. The lowest BCUT2D eigenvalue weighted by Gasteiger charge is -2.02. The number of amides is 2. The summed E-state index contributed by atoms with van der Waals surface area (Å²) in [5.41, 5.74) is 1.31. The normalized spacial score (nSPS) is 10.8. The molecule has 0 saturated carbocycles. The van der Waals surface area contributed by atoms with Crippen LogP contribution < -0.4 is 10.6 Å². The Morgan fingerprint density at radius 3 is 2.62 bits per heavy atom. The van der Waals surface area contributed by atoms with Gasteiger partial charge in [0.15, 0.2) is 21.3 Å². The van der Waals surface area contributed by atoms with Crippen LogP contribution in [0, 0.1) is 0 Å². The maximum Gasteiger partial charge on any atom is 0.293 e. The monoisotopic (exact) mass is 431 g/mol. The van der Waals surface area contributed by atoms with Crippen molar-refractivity contribution in [1.29, 1.82) is 0 Å². The Labute approximate surface area is 159 Å². The molecule has 7 nitrogen and oxygen atoms in total. The number of halogens is 1. The zero-order valence-electron chi connectivity index (χ0n) is 13.0. The summed E-state index contributed by atoms with van der Waals surface area (Å²) >= 11 is 4.46. The molecule has 2 amide bonds. The van der Waals surface area contributed by atoms with E-state index in [-0.39, 0.29) is 23.3 Å². The third-order valence-electron chi connectivity index (χ3n) is 3.41. The first-order valence-corrected chi connectivity index (χ1v) is 9.01. The first kappa shape index (κ1) is 16.6. The molecule has 1 aromatic carbocycles. The third kappa shape index (κ3) is 3.39. The second-order valence-corrected chi connectivity index (χ2v) is 7.00. The predicted octanol–water partition coefficient (Wildman–Crippen LogP) is 4.75. The van der Waals surface area contributed by atoms with Crippen LogP contribution in [0.1, 0.15) is 21.1 Å². The Kier molecular flexibility index (Phi) is 4.31. The molecule has 130 valence electrons. The molecular formula is C17H10BrN3O4S.